The maximum absolute atomic E-state index is 12.2. The lowest BCUT2D eigenvalue weighted by molar-refractivity contribution is -0.113. The van der Waals surface area contributed by atoms with Gasteiger partial charge in [0.2, 0.25) is 5.91 Å². The predicted octanol–water partition coefficient (Wildman–Crippen LogP) is 4.35. The van der Waals surface area contributed by atoms with E-state index in [1.54, 1.807) is 6.33 Å². The lowest BCUT2D eigenvalue weighted by atomic mass is 10.1. The molecule has 25 heavy (non-hydrogen) atoms. The number of nitrogens with one attached hydrogen (secondary N) is 1. The van der Waals surface area contributed by atoms with Gasteiger partial charge >= 0.3 is 0 Å². The van der Waals surface area contributed by atoms with Gasteiger partial charge in [-0.2, -0.15) is 0 Å². The van der Waals surface area contributed by atoms with Crippen LogP contribution >= 0.6 is 11.8 Å². The van der Waals surface area contributed by atoms with E-state index in [1.165, 1.54) is 24.6 Å². The summed E-state index contributed by atoms with van der Waals surface area (Å²) in [6.07, 6.45) is 5.20. The van der Waals surface area contributed by atoms with Crippen molar-refractivity contribution in [2.24, 2.45) is 0 Å². The van der Waals surface area contributed by atoms with Gasteiger partial charge < -0.3 is 9.88 Å². The molecule has 5 nitrogen and oxygen atoms in total. The number of anilines is 1. The third-order valence-electron chi connectivity index (χ3n) is 3.95. The zero-order valence-corrected chi connectivity index (χ0v) is 15.1. The van der Waals surface area contributed by atoms with Gasteiger partial charge in [-0.3, -0.25) is 4.79 Å². The number of unbranched alkanes of at least 4 members (excludes halogenated alkanes) is 2. The molecule has 3 aromatic rings. The number of hydrogen-bond donors (Lipinski definition) is 1. The highest BCUT2D eigenvalue weighted by Crippen LogP contribution is 2.20. The van der Waals surface area contributed by atoms with E-state index in [0.717, 1.165) is 34.6 Å². The molecule has 0 saturated carbocycles. The Morgan fingerprint density at radius 1 is 1.16 bits per heavy atom. The first-order valence-electron chi connectivity index (χ1n) is 8.55. The van der Waals surface area contributed by atoms with E-state index in [2.05, 4.69) is 28.5 Å². The minimum atomic E-state index is -0.0385. The quantitative estimate of drug-likeness (QED) is 0.482. The van der Waals surface area contributed by atoms with Crippen LogP contribution in [0.25, 0.3) is 10.8 Å². The molecule has 1 amide bonds. The molecule has 0 radical (unpaired) electrons. The third kappa shape index (κ3) is 4.82. The summed E-state index contributed by atoms with van der Waals surface area (Å²) >= 11 is 1.42. The molecule has 0 saturated heterocycles. The van der Waals surface area contributed by atoms with Crippen molar-refractivity contribution in [3.63, 3.8) is 0 Å². The first kappa shape index (κ1) is 17.5. The molecule has 1 aromatic heterocycles. The fourth-order valence-electron chi connectivity index (χ4n) is 2.64. The van der Waals surface area contributed by atoms with Crippen molar-refractivity contribution in [1.29, 1.82) is 0 Å². The van der Waals surface area contributed by atoms with Crippen LogP contribution in [0.2, 0.25) is 0 Å². The molecule has 3 rings (SSSR count). The van der Waals surface area contributed by atoms with Gasteiger partial charge in [0.25, 0.3) is 0 Å². The van der Waals surface area contributed by atoms with Gasteiger partial charge in [0.15, 0.2) is 5.16 Å². The van der Waals surface area contributed by atoms with Gasteiger partial charge in [-0.05, 0) is 29.3 Å². The minimum Gasteiger partial charge on any atom is -0.325 e. The standard InChI is InChI=1S/C19H22N4OS/c1-2-3-6-11-23-14-20-22-19(23)25-13-18(24)21-17-10-9-15-7-4-5-8-16(15)12-17/h4-5,7-10,12,14H,2-3,6,11,13H2,1H3,(H,21,24). The van der Waals surface area contributed by atoms with Crippen LogP contribution < -0.4 is 5.32 Å². The molecule has 0 fully saturated rings. The molecule has 130 valence electrons. The van der Waals surface area contributed by atoms with E-state index < -0.39 is 0 Å². The van der Waals surface area contributed by atoms with Crippen molar-refractivity contribution in [3.8, 4) is 0 Å². The summed E-state index contributed by atoms with van der Waals surface area (Å²) in [5.74, 6) is 0.280. The summed E-state index contributed by atoms with van der Waals surface area (Å²) in [6, 6.07) is 14.0. The Kier molecular flexibility index (Phi) is 6.06. The van der Waals surface area contributed by atoms with Crippen LogP contribution in [0.5, 0.6) is 0 Å². The van der Waals surface area contributed by atoms with Gasteiger partial charge in [-0.25, -0.2) is 0 Å². The average molecular weight is 354 g/mol. The number of thioether (sulfide) groups is 1. The Balaban J connectivity index is 1.55. The summed E-state index contributed by atoms with van der Waals surface area (Å²) < 4.78 is 2.02. The number of carbonyl (C=O) groups is 1. The average Bonchev–Trinajstić information content (AvgIpc) is 3.07. The number of hydrogen-bond acceptors (Lipinski definition) is 4. The second kappa shape index (κ2) is 8.67. The fraction of sp³-hybridized carbons (Fsp3) is 0.316. The largest absolute Gasteiger partial charge is 0.325 e. The SMILES string of the molecule is CCCCCn1cnnc1SCC(=O)Nc1ccc2ccccc2c1. The Bertz CT molecular complexity index is 846. The lowest BCUT2D eigenvalue weighted by Crippen LogP contribution is -2.14. The maximum atomic E-state index is 12.2. The first-order valence-corrected chi connectivity index (χ1v) is 9.54. The van der Waals surface area contributed by atoms with Crippen molar-refractivity contribution in [3.05, 3.63) is 48.8 Å². The molecular weight excluding hydrogens is 332 g/mol. The molecular formula is C19H22N4OS. The normalized spacial score (nSPS) is 10.9. The highest BCUT2D eigenvalue weighted by atomic mass is 32.2. The molecule has 0 atom stereocenters. The number of aryl methyl sites for hydroxylation is 1. The van der Waals surface area contributed by atoms with Crippen molar-refractivity contribution < 1.29 is 4.79 Å². The number of fused-ring (bicyclic) bond motifs is 1. The number of nitrogens with zero attached hydrogens (tertiary/aromatic N) is 3. The summed E-state index contributed by atoms with van der Waals surface area (Å²) in [6.45, 7) is 3.08. The third-order valence-corrected chi connectivity index (χ3v) is 4.93. The summed E-state index contributed by atoms with van der Waals surface area (Å²) in [5.41, 5.74) is 0.814. The van der Waals surface area contributed by atoms with E-state index in [4.69, 9.17) is 0 Å². The molecule has 1 N–H and O–H groups in total. The maximum Gasteiger partial charge on any atom is 0.234 e. The van der Waals surface area contributed by atoms with E-state index in [-0.39, 0.29) is 5.91 Å². The number of carbonyl (C=O) groups excluding carboxylic acids is 1. The molecule has 0 bridgehead atoms. The van der Waals surface area contributed by atoms with E-state index in [0.29, 0.717) is 5.75 Å². The molecule has 0 unspecified atom stereocenters. The van der Waals surface area contributed by atoms with Gasteiger partial charge in [0.05, 0.1) is 5.75 Å². The summed E-state index contributed by atoms with van der Waals surface area (Å²) in [5, 5.41) is 14.1. The van der Waals surface area contributed by atoms with Crippen LogP contribution in [0, 0.1) is 0 Å². The second-order valence-electron chi connectivity index (χ2n) is 5.91. The molecule has 2 aromatic carbocycles. The Morgan fingerprint density at radius 3 is 2.84 bits per heavy atom. The van der Waals surface area contributed by atoms with Gasteiger partial charge in [-0.1, -0.05) is 61.9 Å². The molecule has 0 aliphatic rings. The zero-order chi connectivity index (χ0) is 17.5. The molecule has 0 aliphatic heterocycles. The number of aromatic nitrogens is 3. The minimum absolute atomic E-state index is 0.0385. The van der Waals surface area contributed by atoms with Crippen molar-refractivity contribution in [2.75, 3.05) is 11.1 Å². The van der Waals surface area contributed by atoms with Crippen LogP contribution in [0.3, 0.4) is 0 Å². The highest BCUT2D eigenvalue weighted by molar-refractivity contribution is 7.99. The highest BCUT2D eigenvalue weighted by Gasteiger charge is 2.09. The molecule has 1 heterocycles. The zero-order valence-electron chi connectivity index (χ0n) is 14.3. The molecule has 0 aliphatic carbocycles. The Labute approximate surface area is 151 Å². The summed E-state index contributed by atoms with van der Waals surface area (Å²) in [4.78, 5) is 12.2. The van der Waals surface area contributed by atoms with E-state index in [9.17, 15) is 4.79 Å². The van der Waals surface area contributed by atoms with Crippen LogP contribution in [0.4, 0.5) is 5.69 Å². The molecule has 0 spiro atoms. The van der Waals surface area contributed by atoms with Crippen molar-refractivity contribution in [2.45, 2.75) is 37.9 Å². The lowest BCUT2D eigenvalue weighted by Gasteiger charge is -2.07. The topological polar surface area (TPSA) is 59.8 Å². The van der Waals surface area contributed by atoms with Crippen LogP contribution in [-0.4, -0.2) is 26.4 Å². The first-order chi connectivity index (χ1) is 12.3. The van der Waals surface area contributed by atoms with E-state index in [1.807, 2.05) is 41.0 Å². The fourth-order valence-corrected chi connectivity index (χ4v) is 3.38. The number of rotatable bonds is 8. The van der Waals surface area contributed by atoms with Gasteiger partial charge in [-0.15, -0.1) is 10.2 Å². The second-order valence-corrected chi connectivity index (χ2v) is 6.86. The van der Waals surface area contributed by atoms with Crippen molar-refractivity contribution >= 4 is 34.1 Å². The smallest absolute Gasteiger partial charge is 0.234 e. The van der Waals surface area contributed by atoms with Crippen LogP contribution in [0.1, 0.15) is 26.2 Å². The Morgan fingerprint density at radius 2 is 2.00 bits per heavy atom. The van der Waals surface area contributed by atoms with Gasteiger partial charge in [0.1, 0.15) is 6.33 Å². The Hall–Kier alpha value is -2.34. The number of amides is 1. The van der Waals surface area contributed by atoms with Crippen molar-refractivity contribution in [1.82, 2.24) is 14.8 Å². The monoisotopic (exact) mass is 354 g/mol. The predicted molar refractivity (Wildman–Crippen MR) is 103 cm³/mol. The number of benzene rings is 2. The van der Waals surface area contributed by atoms with Gasteiger partial charge in [0, 0.05) is 12.2 Å². The molecule has 6 heteroatoms. The summed E-state index contributed by atoms with van der Waals surface area (Å²) in [7, 11) is 0. The van der Waals surface area contributed by atoms with E-state index >= 15 is 0 Å². The van der Waals surface area contributed by atoms with Crippen LogP contribution in [-0.2, 0) is 11.3 Å². The van der Waals surface area contributed by atoms with Crippen LogP contribution in [0.15, 0.2) is 53.9 Å².